The molecule has 9 heteroatoms. The molecule has 1 aliphatic carbocycles. The predicted octanol–water partition coefficient (Wildman–Crippen LogP) is 5.56. The molecule has 0 bridgehead atoms. The van der Waals surface area contributed by atoms with Gasteiger partial charge in [0, 0.05) is 18.3 Å². The molecule has 0 spiro atoms. The highest BCUT2D eigenvalue weighted by Crippen LogP contribution is 2.37. The third kappa shape index (κ3) is 4.55. The molecule has 34 heavy (non-hydrogen) atoms. The summed E-state index contributed by atoms with van der Waals surface area (Å²) in [6, 6.07) is 4.47. The molecule has 178 valence electrons. The Balaban J connectivity index is 1.54. The summed E-state index contributed by atoms with van der Waals surface area (Å²) < 4.78 is 9.51. The summed E-state index contributed by atoms with van der Waals surface area (Å²) in [7, 11) is 0. The maximum atomic E-state index is 13.0. The van der Waals surface area contributed by atoms with Crippen molar-refractivity contribution in [1.82, 2.24) is 19.3 Å². The number of aryl methyl sites for hydroxylation is 1. The Morgan fingerprint density at radius 2 is 2.09 bits per heavy atom. The molecule has 3 aromatic heterocycles. The Hall–Kier alpha value is -3.25. The first-order chi connectivity index (χ1) is 16.5. The number of hydrogen-bond acceptors (Lipinski definition) is 6. The minimum Gasteiger partial charge on any atom is -0.469 e. The minimum atomic E-state index is -0.176. The highest BCUT2D eigenvalue weighted by Gasteiger charge is 2.26. The van der Waals surface area contributed by atoms with Crippen LogP contribution in [0.1, 0.15) is 60.7 Å². The molecule has 0 unspecified atom stereocenters. The fourth-order valence-corrected chi connectivity index (χ4v) is 5.43. The van der Waals surface area contributed by atoms with Gasteiger partial charge in [0.1, 0.15) is 17.6 Å². The lowest BCUT2D eigenvalue weighted by Crippen LogP contribution is -2.22. The second-order valence-corrected chi connectivity index (χ2v) is 9.58. The van der Waals surface area contributed by atoms with Crippen molar-refractivity contribution in [3.63, 3.8) is 0 Å². The number of nitriles is 1. The van der Waals surface area contributed by atoms with Crippen LogP contribution in [-0.4, -0.2) is 31.0 Å². The van der Waals surface area contributed by atoms with Crippen LogP contribution in [-0.2, 0) is 11.3 Å². The van der Waals surface area contributed by atoms with Crippen LogP contribution in [0.15, 0.2) is 34.6 Å². The molecule has 0 radical (unpaired) electrons. The zero-order chi connectivity index (χ0) is 24.2. The van der Waals surface area contributed by atoms with Crippen LogP contribution in [0.25, 0.3) is 11.4 Å². The van der Waals surface area contributed by atoms with Crippen molar-refractivity contribution >= 4 is 23.5 Å². The first kappa shape index (κ1) is 23.9. The maximum absolute atomic E-state index is 13.0. The summed E-state index contributed by atoms with van der Waals surface area (Å²) >= 11 is 1.31. The number of anilines is 1. The number of furan rings is 1. The van der Waals surface area contributed by atoms with Gasteiger partial charge in [-0.3, -0.25) is 9.36 Å². The average molecular weight is 479 g/mol. The fraction of sp³-hybridized carbons (Fsp3) is 0.440. The molecular formula is C25H30N6O2S. The van der Waals surface area contributed by atoms with Gasteiger partial charge >= 0.3 is 0 Å². The average Bonchev–Trinajstić information content (AvgIpc) is 3.50. The van der Waals surface area contributed by atoms with E-state index in [2.05, 4.69) is 32.7 Å². The van der Waals surface area contributed by atoms with Crippen LogP contribution in [0.4, 0.5) is 5.82 Å². The summed E-state index contributed by atoms with van der Waals surface area (Å²) in [6.07, 6.45) is 9.11. The molecule has 3 heterocycles. The van der Waals surface area contributed by atoms with Crippen LogP contribution in [0.2, 0.25) is 0 Å². The van der Waals surface area contributed by atoms with E-state index in [1.807, 2.05) is 31.4 Å². The molecule has 0 atom stereocenters. The zero-order valence-electron chi connectivity index (χ0n) is 19.9. The lowest BCUT2D eigenvalue weighted by molar-refractivity contribution is -0.113. The molecule has 8 nitrogen and oxygen atoms in total. The summed E-state index contributed by atoms with van der Waals surface area (Å²) in [4.78, 5) is 13.0. The number of hydrogen-bond donors (Lipinski definition) is 1. The van der Waals surface area contributed by atoms with E-state index in [0.29, 0.717) is 34.9 Å². The van der Waals surface area contributed by atoms with Gasteiger partial charge in [-0.05, 0) is 45.2 Å². The van der Waals surface area contributed by atoms with E-state index < -0.39 is 0 Å². The number of thioether (sulfide) groups is 1. The summed E-state index contributed by atoms with van der Waals surface area (Å²) in [5.41, 5.74) is 3.40. The standard InChI is InChI=1S/C25H30N6O2S/c1-5-12-30-24(20-11-13-33-18(20)4)28-29-25(30)34-15-22(32)27-23-21(14-26)16(2)17(3)31(23)19-9-7-6-8-10-19/h5,11,13,19H,1,6-10,12,15H2,2-4H3,(H,27,32). The molecule has 0 aromatic carbocycles. The molecular weight excluding hydrogens is 448 g/mol. The Morgan fingerprint density at radius 3 is 2.74 bits per heavy atom. The fourth-order valence-electron chi connectivity index (χ4n) is 4.69. The minimum absolute atomic E-state index is 0.151. The van der Waals surface area contributed by atoms with Crippen LogP contribution >= 0.6 is 11.8 Å². The normalized spacial score (nSPS) is 14.2. The van der Waals surface area contributed by atoms with Crippen LogP contribution in [0.3, 0.4) is 0 Å². The van der Waals surface area contributed by atoms with Gasteiger partial charge in [-0.15, -0.1) is 16.8 Å². The van der Waals surface area contributed by atoms with Gasteiger partial charge in [0.15, 0.2) is 11.0 Å². The molecule has 1 N–H and O–H groups in total. The van der Waals surface area contributed by atoms with Gasteiger partial charge in [0.05, 0.1) is 23.1 Å². The molecule has 3 aromatic rings. The van der Waals surface area contributed by atoms with E-state index in [1.165, 1.54) is 31.0 Å². The molecule has 1 amide bonds. The van der Waals surface area contributed by atoms with Crippen molar-refractivity contribution in [3.05, 3.63) is 47.6 Å². The number of nitrogens with one attached hydrogen (secondary N) is 1. The summed E-state index contributed by atoms with van der Waals surface area (Å²) in [6.45, 7) is 10.2. The van der Waals surface area contributed by atoms with Gasteiger partial charge in [-0.25, -0.2) is 0 Å². The topological polar surface area (TPSA) is 102 Å². The Morgan fingerprint density at radius 1 is 1.32 bits per heavy atom. The van der Waals surface area contributed by atoms with E-state index in [9.17, 15) is 10.1 Å². The number of aromatic nitrogens is 4. The molecule has 4 rings (SSSR count). The Labute approximate surface area is 204 Å². The van der Waals surface area contributed by atoms with Crippen LogP contribution in [0, 0.1) is 32.1 Å². The van der Waals surface area contributed by atoms with Crippen molar-refractivity contribution in [2.24, 2.45) is 0 Å². The Kier molecular flexibility index (Phi) is 7.27. The van der Waals surface area contributed by atoms with Crippen LogP contribution in [0.5, 0.6) is 0 Å². The number of nitrogens with zero attached hydrogens (tertiary/aromatic N) is 5. The SMILES string of the molecule is C=CCn1c(SCC(=O)Nc2c(C#N)c(C)c(C)n2C2CCCCC2)nnc1-c1ccoc1C. The summed E-state index contributed by atoms with van der Waals surface area (Å²) in [5.74, 6) is 2.03. The quantitative estimate of drug-likeness (QED) is 0.336. The lowest BCUT2D eigenvalue weighted by Gasteiger charge is -2.27. The van der Waals surface area contributed by atoms with Crippen molar-refractivity contribution in [2.45, 2.75) is 70.6 Å². The third-order valence-electron chi connectivity index (χ3n) is 6.53. The largest absolute Gasteiger partial charge is 0.469 e. The second-order valence-electron chi connectivity index (χ2n) is 8.64. The van der Waals surface area contributed by atoms with E-state index in [-0.39, 0.29) is 11.7 Å². The van der Waals surface area contributed by atoms with Gasteiger partial charge in [-0.1, -0.05) is 37.1 Å². The van der Waals surface area contributed by atoms with E-state index in [4.69, 9.17) is 4.42 Å². The smallest absolute Gasteiger partial charge is 0.235 e. The number of carbonyl (C=O) groups is 1. The lowest BCUT2D eigenvalue weighted by atomic mass is 9.95. The van der Waals surface area contributed by atoms with Gasteiger partial charge < -0.3 is 14.3 Å². The van der Waals surface area contributed by atoms with E-state index >= 15 is 0 Å². The second kappa shape index (κ2) is 10.3. The highest BCUT2D eigenvalue weighted by atomic mass is 32.2. The van der Waals surface area contributed by atoms with Crippen molar-refractivity contribution < 1.29 is 9.21 Å². The number of rotatable bonds is 8. The number of allylic oxidation sites excluding steroid dienone is 1. The Bertz CT molecular complexity index is 1240. The molecule has 1 aliphatic rings. The molecule has 0 aliphatic heterocycles. The highest BCUT2D eigenvalue weighted by molar-refractivity contribution is 7.99. The zero-order valence-corrected chi connectivity index (χ0v) is 20.7. The first-order valence-electron chi connectivity index (χ1n) is 11.6. The van der Waals surface area contributed by atoms with Gasteiger partial charge in [-0.2, -0.15) is 5.26 Å². The maximum Gasteiger partial charge on any atom is 0.235 e. The molecule has 0 saturated heterocycles. The van der Waals surface area contributed by atoms with Crippen molar-refractivity contribution in [3.8, 4) is 17.5 Å². The third-order valence-corrected chi connectivity index (χ3v) is 7.49. The predicted molar refractivity (Wildman–Crippen MR) is 133 cm³/mol. The number of carbonyl (C=O) groups excluding carboxylic acids is 1. The molecule has 1 fully saturated rings. The monoisotopic (exact) mass is 478 g/mol. The number of amides is 1. The summed E-state index contributed by atoms with van der Waals surface area (Å²) in [5, 5.41) is 22.1. The van der Waals surface area contributed by atoms with Crippen molar-refractivity contribution in [1.29, 1.82) is 5.26 Å². The van der Waals surface area contributed by atoms with E-state index in [0.717, 1.165) is 35.4 Å². The van der Waals surface area contributed by atoms with Gasteiger partial charge in [0.25, 0.3) is 0 Å². The van der Waals surface area contributed by atoms with Crippen LogP contribution < -0.4 is 5.32 Å². The van der Waals surface area contributed by atoms with Crippen molar-refractivity contribution in [2.75, 3.05) is 11.1 Å². The van der Waals surface area contributed by atoms with E-state index in [1.54, 1.807) is 12.3 Å². The molecule has 1 saturated carbocycles. The first-order valence-corrected chi connectivity index (χ1v) is 12.6. The van der Waals surface area contributed by atoms with Gasteiger partial charge in [0.2, 0.25) is 5.91 Å².